The lowest BCUT2D eigenvalue weighted by atomic mass is 9.88. The van der Waals surface area contributed by atoms with Crippen LogP contribution in [0.15, 0.2) is 54.7 Å². The zero-order chi connectivity index (χ0) is 22.9. The van der Waals surface area contributed by atoms with Gasteiger partial charge in [0.1, 0.15) is 12.4 Å². The molecule has 7 nitrogen and oxygen atoms in total. The topological polar surface area (TPSA) is 65.3 Å². The van der Waals surface area contributed by atoms with Crippen LogP contribution in [0.25, 0.3) is 16.5 Å². The van der Waals surface area contributed by atoms with Crippen molar-refractivity contribution in [1.29, 1.82) is 0 Å². The summed E-state index contributed by atoms with van der Waals surface area (Å²) in [4.78, 5) is 6.21. The summed E-state index contributed by atoms with van der Waals surface area (Å²) < 4.78 is 50.1. The molecule has 10 heteroatoms. The molecule has 1 aliphatic rings. The second-order valence-electron chi connectivity index (χ2n) is 7.70. The molecular weight excluding hydrogens is 435 g/mol. The second-order valence-corrected chi connectivity index (χ2v) is 7.70. The Bertz CT molecular complexity index is 1270. The van der Waals surface area contributed by atoms with Crippen LogP contribution in [0.5, 0.6) is 5.88 Å². The van der Waals surface area contributed by atoms with Crippen LogP contribution < -0.4 is 9.64 Å². The van der Waals surface area contributed by atoms with Crippen LogP contribution in [0.2, 0.25) is 0 Å². The monoisotopic (exact) mass is 455 g/mol. The third-order valence-electron chi connectivity index (χ3n) is 5.72. The Kier molecular flexibility index (Phi) is 5.59. The van der Waals surface area contributed by atoms with Crippen LogP contribution in [0.4, 0.5) is 19.1 Å². The largest absolute Gasteiger partial charge is 0.481 e. The predicted octanol–water partition coefficient (Wildman–Crippen LogP) is 4.31. The van der Waals surface area contributed by atoms with E-state index in [1.165, 1.54) is 19.2 Å². The highest BCUT2D eigenvalue weighted by atomic mass is 19.3. The van der Waals surface area contributed by atoms with E-state index in [0.717, 1.165) is 16.3 Å². The number of methoxy groups -OCH3 is 1. The molecule has 0 spiro atoms. The summed E-state index contributed by atoms with van der Waals surface area (Å²) in [6.45, 7) is -2.03. The van der Waals surface area contributed by atoms with Gasteiger partial charge in [-0.15, -0.1) is 10.2 Å². The number of alkyl halides is 2. The smallest absolute Gasteiger partial charge is 0.345 e. The molecule has 1 saturated heterocycles. The maximum atomic E-state index is 13.6. The molecule has 3 heterocycles. The van der Waals surface area contributed by atoms with Crippen LogP contribution in [-0.4, -0.2) is 46.6 Å². The summed E-state index contributed by atoms with van der Waals surface area (Å²) in [5.41, 5.74) is 1.73. The molecule has 0 N–H and O–H groups in total. The highest BCUT2D eigenvalue weighted by Gasteiger charge is 2.33. The van der Waals surface area contributed by atoms with Crippen molar-refractivity contribution in [1.82, 2.24) is 19.7 Å². The number of rotatable bonds is 7. The lowest BCUT2D eigenvalue weighted by Crippen LogP contribution is -2.46. The van der Waals surface area contributed by atoms with Crippen molar-refractivity contribution in [2.75, 3.05) is 25.1 Å². The Morgan fingerprint density at radius 1 is 1.09 bits per heavy atom. The number of ether oxygens (including phenoxy) is 2. The highest BCUT2D eigenvalue weighted by molar-refractivity contribution is 5.86. The molecule has 5 rings (SSSR count). The van der Waals surface area contributed by atoms with Crippen molar-refractivity contribution in [3.8, 4) is 11.6 Å². The van der Waals surface area contributed by atoms with Gasteiger partial charge in [0, 0.05) is 25.1 Å². The molecule has 0 radical (unpaired) electrons. The number of aromatic nitrogens is 4. The van der Waals surface area contributed by atoms with Gasteiger partial charge in [-0.05, 0) is 34.5 Å². The zero-order valence-corrected chi connectivity index (χ0v) is 17.7. The van der Waals surface area contributed by atoms with Gasteiger partial charge in [0.2, 0.25) is 11.8 Å². The summed E-state index contributed by atoms with van der Waals surface area (Å²) >= 11 is 0. The minimum Gasteiger partial charge on any atom is -0.481 e. The fourth-order valence-electron chi connectivity index (χ4n) is 4.11. The van der Waals surface area contributed by atoms with Gasteiger partial charge < -0.3 is 14.4 Å². The number of hydrogen-bond acceptors (Lipinski definition) is 6. The Balaban J connectivity index is 1.43. The van der Waals surface area contributed by atoms with Gasteiger partial charge >= 0.3 is 6.61 Å². The summed E-state index contributed by atoms with van der Waals surface area (Å²) in [7, 11) is 1.51. The molecule has 2 aromatic carbocycles. The molecule has 0 unspecified atom stereocenters. The van der Waals surface area contributed by atoms with E-state index in [1.807, 2.05) is 23.1 Å². The van der Waals surface area contributed by atoms with Gasteiger partial charge in [0.25, 0.3) is 0 Å². The minimum atomic E-state index is -2.92. The van der Waals surface area contributed by atoms with Crippen molar-refractivity contribution < 1.29 is 22.6 Å². The van der Waals surface area contributed by atoms with Crippen LogP contribution in [0.3, 0.4) is 0 Å². The Morgan fingerprint density at radius 3 is 2.67 bits per heavy atom. The summed E-state index contributed by atoms with van der Waals surface area (Å²) in [5.74, 6) is 1.11. The number of nitrogens with zero attached hydrogens (tertiary/aromatic N) is 5. The first-order valence-electron chi connectivity index (χ1n) is 10.3. The molecular formula is C23H20F3N5O2. The maximum absolute atomic E-state index is 13.6. The lowest BCUT2D eigenvalue weighted by molar-refractivity contribution is -0.139. The van der Waals surface area contributed by atoms with Crippen LogP contribution in [-0.2, 0) is 11.3 Å². The number of pyridine rings is 1. The summed E-state index contributed by atoms with van der Waals surface area (Å²) in [6.07, 6.45) is 1.56. The Morgan fingerprint density at radius 2 is 1.94 bits per heavy atom. The Labute approximate surface area is 187 Å². The molecule has 0 bridgehead atoms. The van der Waals surface area contributed by atoms with E-state index in [9.17, 15) is 13.2 Å². The van der Waals surface area contributed by atoms with Gasteiger partial charge in [0.05, 0.1) is 19.0 Å². The number of fused-ring (bicyclic) bond motifs is 1. The first-order chi connectivity index (χ1) is 16.0. The van der Waals surface area contributed by atoms with E-state index in [0.29, 0.717) is 30.6 Å². The SMILES string of the molecule is COc1ccc(-n2c(COC(F)F)nnc2N2CC(c3cccc4cc(F)ccc34)C2)cn1. The van der Waals surface area contributed by atoms with Crippen molar-refractivity contribution in [3.63, 3.8) is 0 Å². The fraction of sp³-hybridized carbons (Fsp3) is 0.261. The predicted molar refractivity (Wildman–Crippen MR) is 115 cm³/mol. The molecule has 2 aromatic heterocycles. The quantitative estimate of drug-likeness (QED) is 0.414. The van der Waals surface area contributed by atoms with E-state index in [4.69, 9.17) is 4.74 Å². The number of anilines is 1. The normalized spacial score (nSPS) is 14.2. The van der Waals surface area contributed by atoms with Crippen molar-refractivity contribution in [2.45, 2.75) is 19.1 Å². The van der Waals surface area contributed by atoms with E-state index >= 15 is 0 Å². The first kappa shape index (κ1) is 21.2. The van der Waals surface area contributed by atoms with Gasteiger partial charge in [-0.1, -0.05) is 24.3 Å². The van der Waals surface area contributed by atoms with Crippen LogP contribution in [0.1, 0.15) is 17.3 Å². The average molecular weight is 455 g/mol. The molecule has 0 saturated carbocycles. The molecule has 1 fully saturated rings. The third kappa shape index (κ3) is 4.09. The molecule has 4 aromatic rings. The van der Waals surface area contributed by atoms with Gasteiger partial charge in [-0.3, -0.25) is 4.57 Å². The fourth-order valence-corrected chi connectivity index (χ4v) is 4.11. The zero-order valence-electron chi connectivity index (χ0n) is 17.7. The van der Waals surface area contributed by atoms with Crippen molar-refractivity contribution in [3.05, 3.63) is 71.9 Å². The van der Waals surface area contributed by atoms with Crippen molar-refractivity contribution >= 4 is 16.7 Å². The molecule has 33 heavy (non-hydrogen) atoms. The van der Waals surface area contributed by atoms with Gasteiger partial charge in [0.15, 0.2) is 5.82 Å². The summed E-state index contributed by atoms with van der Waals surface area (Å²) in [6, 6.07) is 14.1. The third-order valence-corrected chi connectivity index (χ3v) is 5.72. The van der Waals surface area contributed by atoms with E-state index in [2.05, 4.69) is 19.9 Å². The molecule has 0 atom stereocenters. The molecule has 170 valence electrons. The molecule has 1 aliphatic heterocycles. The highest BCUT2D eigenvalue weighted by Crippen LogP contribution is 2.36. The number of benzene rings is 2. The lowest BCUT2D eigenvalue weighted by Gasteiger charge is -2.40. The van der Waals surface area contributed by atoms with Gasteiger partial charge in [-0.25, -0.2) is 9.37 Å². The second kappa shape index (κ2) is 8.70. The van der Waals surface area contributed by atoms with Crippen molar-refractivity contribution in [2.24, 2.45) is 0 Å². The van der Waals surface area contributed by atoms with Gasteiger partial charge in [-0.2, -0.15) is 8.78 Å². The van der Waals surface area contributed by atoms with Crippen LogP contribution in [0, 0.1) is 5.82 Å². The molecule has 0 aliphatic carbocycles. The number of hydrogen-bond donors (Lipinski definition) is 0. The first-order valence-corrected chi connectivity index (χ1v) is 10.3. The van der Waals surface area contributed by atoms with E-state index in [1.54, 1.807) is 29.0 Å². The standard InChI is InChI=1S/C23H20F3N5O2/c1-32-21-8-6-17(10-27-21)31-20(13-33-22(25)26)28-29-23(31)30-11-15(12-30)18-4-2-3-14-9-16(24)5-7-19(14)18/h2-10,15,22H,11-13H2,1H3. The average Bonchev–Trinajstić information content (AvgIpc) is 3.20. The van der Waals surface area contributed by atoms with Crippen LogP contribution >= 0.6 is 0 Å². The minimum absolute atomic E-state index is 0.207. The van der Waals surface area contributed by atoms with E-state index in [-0.39, 0.29) is 17.6 Å². The summed E-state index contributed by atoms with van der Waals surface area (Å²) in [5, 5.41) is 10.2. The van der Waals surface area contributed by atoms with E-state index < -0.39 is 13.2 Å². The molecule has 0 amide bonds. The Hall–Kier alpha value is -3.66. The number of halogens is 3. The maximum Gasteiger partial charge on any atom is 0.345 e.